The SMILES string of the molecule is N[C@H](c1cccc(F)c1F)C1CCOCC1. The van der Waals surface area contributed by atoms with Crippen molar-refractivity contribution in [1.29, 1.82) is 0 Å². The van der Waals surface area contributed by atoms with Crippen molar-refractivity contribution in [2.45, 2.75) is 18.9 Å². The molecule has 1 aliphatic rings. The molecule has 1 saturated heterocycles. The predicted octanol–water partition coefficient (Wildman–Crippen LogP) is 2.39. The summed E-state index contributed by atoms with van der Waals surface area (Å²) >= 11 is 0. The lowest BCUT2D eigenvalue weighted by Gasteiger charge is -2.28. The van der Waals surface area contributed by atoms with Crippen molar-refractivity contribution in [2.75, 3.05) is 13.2 Å². The molecule has 1 aromatic carbocycles. The Morgan fingerprint density at radius 1 is 1.25 bits per heavy atom. The smallest absolute Gasteiger partial charge is 0.163 e. The van der Waals surface area contributed by atoms with E-state index >= 15 is 0 Å². The van der Waals surface area contributed by atoms with E-state index < -0.39 is 17.7 Å². The molecule has 1 aromatic rings. The molecule has 88 valence electrons. The summed E-state index contributed by atoms with van der Waals surface area (Å²) in [6.45, 7) is 1.30. The Morgan fingerprint density at radius 3 is 2.62 bits per heavy atom. The predicted molar refractivity (Wildman–Crippen MR) is 56.8 cm³/mol. The van der Waals surface area contributed by atoms with Crippen molar-refractivity contribution < 1.29 is 13.5 Å². The van der Waals surface area contributed by atoms with Crippen LogP contribution in [0.15, 0.2) is 18.2 Å². The minimum absolute atomic E-state index is 0.171. The highest BCUT2D eigenvalue weighted by molar-refractivity contribution is 5.22. The first-order valence-corrected chi connectivity index (χ1v) is 5.47. The average molecular weight is 227 g/mol. The van der Waals surface area contributed by atoms with Gasteiger partial charge in [-0.15, -0.1) is 0 Å². The summed E-state index contributed by atoms with van der Waals surface area (Å²) in [5.74, 6) is -1.48. The summed E-state index contributed by atoms with van der Waals surface area (Å²) in [7, 11) is 0. The second-order valence-corrected chi connectivity index (χ2v) is 4.12. The number of hydrogen-bond donors (Lipinski definition) is 1. The van der Waals surface area contributed by atoms with Crippen molar-refractivity contribution in [3.63, 3.8) is 0 Å². The van der Waals surface area contributed by atoms with Gasteiger partial charge in [-0.25, -0.2) is 8.78 Å². The minimum atomic E-state index is -0.833. The topological polar surface area (TPSA) is 35.2 Å². The fourth-order valence-electron chi connectivity index (χ4n) is 2.11. The van der Waals surface area contributed by atoms with E-state index in [4.69, 9.17) is 10.5 Å². The van der Waals surface area contributed by atoms with Crippen molar-refractivity contribution in [3.8, 4) is 0 Å². The van der Waals surface area contributed by atoms with E-state index in [-0.39, 0.29) is 11.5 Å². The first kappa shape index (κ1) is 11.5. The van der Waals surface area contributed by atoms with E-state index in [2.05, 4.69) is 0 Å². The number of benzene rings is 1. The van der Waals surface area contributed by atoms with Gasteiger partial charge < -0.3 is 10.5 Å². The van der Waals surface area contributed by atoms with Gasteiger partial charge >= 0.3 is 0 Å². The second kappa shape index (κ2) is 4.89. The molecular formula is C12H15F2NO. The highest BCUT2D eigenvalue weighted by atomic mass is 19.2. The molecular weight excluding hydrogens is 212 g/mol. The lowest BCUT2D eigenvalue weighted by atomic mass is 9.87. The first-order chi connectivity index (χ1) is 7.70. The van der Waals surface area contributed by atoms with Gasteiger partial charge in [0, 0.05) is 24.8 Å². The molecule has 0 radical (unpaired) electrons. The van der Waals surface area contributed by atoms with Crippen LogP contribution in [0.3, 0.4) is 0 Å². The third kappa shape index (κ3) is 2.23. The molecule has 0 aliphatic carbocycles. The molecule has 0 saturated carbocycles. The molecule has 16 heavy (non-hydrogen) atoms. The summed E-state index contributed by atoms with van der Waals surface area (Å²) in [5.41, 5.74) is 6.25. The second-order valence-electron chi connectivity index (χ2n) is 4.12. The zero-order valence-corrected chi connectivity index (χ0v) is 8.96. The lowest BCUT2D eigenvalue weighted by Crippen LogP contribution is -2.28. The first-order valence-electron chi connectivity index (χ1n) is 5.47. The van der Waals surface area contributed by atoms with Crippen LogP contribution in [0.1, 0.15) is 24.4 Å². The molecule has 1 heterocycles. The maximum atomic E-state index is 13.5. The molecule has 0 unspecified atom stereocenters. The van der Waals surface area contributed by atoms with Crippen LogP contribution in [0.25, 0.3) is 0 Å². The van der Waals surface area contributed by atoms with Crippen LogP contribution in [-0.4, -0.2) is 13.2 Å². The molecule has 0 amide bonds. The molecule has 1 aliphatic heterocycles. The van der Waals surface area contributed by atoms with Crippen LogP contribution >= 0.6 is 0 Å². The molecule has 4 heteroatoms. The van der Waals surface area contributed by atoms with Crippen molar-refractivity contribution in [2.24, 2.45) is 11.7 Å². The van der Waals surface area contributed by atoms with Crippen molar-refractivity contribution in [3.05, 3.63) is 35.4 Å². The van der Waals surface area contributed by atoms with Crippen LogP contribution in [-0.2, 0) is 4.74 Å². The number of hydrogen-bond acceptors (Lipinski definition) is 2. The monoisotopic (exact) mass is 227 g/mol. The van der Waals surface area contributed by atoms with Gasteiger partial charge in [-0.05, 0) is 24.8 Å². The van der Waals surface area contributed by atoms with E-state index in [0.717, 1.165) is 18.9 Å². The normalized spacial score (nSPS) is 19.7. The molecule has 0 spiro atoms. The summed E-state index contributed by atoms with van der Waals surface area (Å²) in [6, 6.07) is 3.71. The lowest BCUT2D eigenvalue weighted by molar-refractivity contribution is 0.0579. The molecule has 0 bridgehead atoms. The summed E-state index contributed by atoms with van der Waals surface area (Å²) < 4.78 is 31.8. The van der Waals surface area contributed by atoms with Gasteiger partial charge in [0.1, 0.15) is 0 Å². The Hall–Kier alpha value is -1.00. The highest BCUT2D eigenvalue weighted by Gasteiger charge is 2.25. The number of halogens is 2. The van der Waals surface area contributed by atoms with Crippen molar-refractivity contribution >= 4 is 0 Å². The zero-order chi connectivity index (χ0) is 11.5. The maximum absolute atomic E-state index is 13.5. The van der Waals surface area contributed by atoms with Crippen LogP contribution in [0.2, 0.25) is 0 Å². The Balaban J connectivity index is 2.19. The molecule has 2 rings (SSSR count). The van der Waals surface area contributed by atoms with Crippen LogP contribution in [0.5, 0.6) is 0 Å². The maximum Gasteiger partial charge on any atom is 0.163 e. The number of rotatable bonds is 2. The van der Waals surface area contributed by atoms with Gasteiger partial charge in [0.15, 0.2) is 11.6 Å². The van der Waals surface area contributed by atoms with Crippen LogP contribution in [0.4, 0.5) is 8.78 Å². The van der Waals surface area contributed by atoms with Crippen molar-refractivity contribution in [1.82, 2.24) is 0 Å². The van der Waals surface area contributed by atoms with Gasteiger partial charge in [-0.1, -0.05) is 12.1 Å². The molecule has 2 N–H and O–H groups in total. The van der Waals surface area contributed by atoms with Crippen LogP contribution < -0.4 is 5.73 Å². The summed E-state index contributed by atoms with van der Waals surface area (Å²) in [4.78, 5) is 0. The van der Waals surface area contributed by atoms with Gasteiger partial charge in [0.25, 0.3) is 0 Å². The van der Waals surface area contributed by atoms with Crippen LogP contribution in [0, 0.1) is 17.6 Å². The van der Waals surface area contributed by atoms with E-state index in [1.807, 2.05) is 0 Å². The summed E-state index contributed by atoms with van der Waals surface area (Å²) in [5, 5.41) is 0. The Bertz CT molecular complexity index is 364. The largest absolute Gasteiger partial charge is 0.381 e. The molecule has 0 aromatic heterocycles. The molecule has 1 atom stereocenters. The standard InChI is InChI=1S/C12H15F2NO/c13-10-3-1-2-9(11(10)14)12(15)8-4-6-16-7-5-8/h1-3,8,12H,4-7,15H2/t12-/m0/s1. The van der Waals surface area contributed by atoms with Gasteiger partial charge in [-0.2, -0.15) is 0 Å². The van der Waals surface area contributed by atoms with E-state index in [9.17, 15) is 8.78 Å². The van der Waals surface area contributed by atoms with Gasteiger partial charge in [0.05, 0.1) is 0 Å². The Kier molecular flexibility index (Phi) is 3.51. The quantitative estimate of drug-likeness (QED) is 0.842. The molecule has 2 nitrogen and oxygen atoms in total. The van der Waals surface area contributed by atoms with Gasteiger partial charge in [-0.3, -0.25) is 0 Å². The minimum Gasteiger partial charge on any atom is -0.381 e. The number of nitrogens with two attached hydrogens (primary N) is 1. The molecule has 1 fully saturated rings. The zero-order valence-electron chi connectivity index (χ0n) is 8.96. The average Bonchev–Trinajstić information content (AvgIpc) is 2.33. The van der Waals surface area contributed by atoms with E-state index in [1.54, 1.807) is 6.07 Å². The fraction of sp³-hybridized carbons (Fsp3) is 0.500. The third-order valence-electron chi connectivity index (χ3n) is 3.11. The summed E-state index contributed by atoms with van der Waals surface area (Å²) in [6.07, 6.45) is 1.61. The highest BCUT2D eigenvalue weighted by Crippen LogP contribution is 2.29. The Labute approximate surface area is 93.4 Å². The fourth-order valence-corrected chi connectivity index (χ4v) is 2.11. The van der Waals surface area contributed by atoms with E-state index in [0.29, 0.717) is 13.2 Å². The number of ether oxygens (including phenoxy) is 1. The van der Waals surface area contributed by atoms with E-state index in [1.165, 1.54) is 6.07 Å². The Morgan fingerprint density at radius 2 is 1.94 bits per heavy atom. The third-order valence-corrected chi connectivity index (χ3v) is 3.11. The van der Waals surface area contributed by atoms with Gasteiger partial charge in [0.2, 0.25) is 0 Å².